The first kappa shape index (κ1) is 14.1. The largest absolute Gasteiger partial charge is 0.321 e. The van der Waals surface area contributed by atoms with Gasteiger partial charge in [0.05, 0.1) is 0 Å². The van der Waals surface area contributed by atoms with Crippen LogP contribution in [-0.2, 0) is 18.4 Å². The maximum absolute atomic E-state index is 6.47. The van der Waals surface area contributed by atoms with Crippen molar-refractivity contribution >= 4 is 11.6 Å². The van der Waals surface area contributed by atoms with E-state index in [1.807, 2.05) is 18.2 Å². The van der Waals surface area contributed by atoms with Gasteiger partial charge in [0.25, 0.3) is 0 Å². The lowest BCUT2D eigenvalue weighted by molar-refractivity contribution is 0.491. The molecule has 0 saturated carbocycles. The molecule has 0 aliphatic heterocycles. The fraction of sp³-hybridized carbons (Fsp3) is 0.294. The summed E-state index contributed by atoms with van der Waals surface area (Å²) in [6, 6.07) is 16.5. The van der Waals surface area contributed by atoms with E-state index in [2.05, 4.69) is 44.2 Å². The molecule has 0 heterocycles. The predicted molar refractivity (Wildman–Crippen MR) is 82.5 cm³/mol. The number of hydrogen-bond acceptors (Lipinski definition) is 1. The zero-order valence-electron chi connectivity index (χ0n) is 11.5. The van der Waals surface area contributed by atoms with E-state index in [0.29, 0.717) is 0 Å². The molecule has 19 heavy (non-hydrogen) atoms. The lowest BCUT2D eigenvalue weighted by Crippen LogP contribution is -2.35. The molecule has 0 spiro atoms. The highest BCUT2D eigenvalue weighted by Crippen LogP contribution is 2.24. The van der Waals surface area contributed by atoms with Gasteiger partial charge in [-0.25, -0.2) is 0 Å². The van der Waals surface area contributed by atoms with Gasteiger partial charge >= 0.3 is 0 Å². The molecule has 0 amide bonds. The number of benzene rings is 2. The molecule has 2 aromatic carbocycles. The Labute approximate surface area is 120 Å². The Morgan fingerprint density at radius 2 is 1.74 bits per heavy atom. The summed E-state index contributed by atoms with van der Waals surface area (Å²) in [5.41, 5.74) is 9.75. The van der Waals surface area contributed by atoms with Crippen LogP contribution < -0.4 is 5.73 Å². The average molecular weight is 274 g/mol. The molecule has 0 aliphatic rings. The van der Waals surface area contributed by atoms with Crippen LogP contribution in [-0.4, -0.2) is 0 Å². The Balaban J connectivity index is 2.21. The number of halogens is 1. The topological polar surface area (TPSA) is 26.0 Å². The lowest BCUT2D eigenvalue weighted by atomic mass is 9.86. The van der Waals surface area contributed by atoms with Crippen molar-refractivity contribution in [1.29, 1.82) is 0 Å². The van der Waals surface area contributed by atoms with Crippen molar-refractivity contribution in [2.75, 3.05) is 0 Å². The molecule has 0 bridgehead atoms. The minimum atomic E-state index is -0.378. The second kappa shape index (κ2) is 5.77. The second-order valence-electron chi connectivity index (χ2n) is 5.27. The van der Waals surface area contributed by atoms with E-state index in [0.717, 1.165) is 29.0 Å². The molecular formula is C17H20ClN. The van der Waals surface area contributed by atoms with Crippen LogP contribution in [0.4, 0.5) is 0 Å². The van der Waals surface area contributed by atoms with Gasteiger partial charge in [-0.15, -0.1) is 0 Å². The second-order valence-corrected chi connectivity index (χ2v) is 5.71. The van der Waals surface area contributed by atoms with Gasteiger partial charge in [-0.05, 0) is 48.6 Å². The summed E-state index contributed by atoms with van der Waals surface area (Å²) < 4.78 is 0. The van der Waals surface area contributed by atoms with Crippen LogP contribution in [0.5, 0.6) is 0 Å². The van der Waals surface area contributed by atoms with Crippen molar-refractivity contribution in [2.45, 2.75) is 32.2 Å². The first-order valence-electron chi connectivity index (χ1n) is 6.64. The standard InChI is InChI=1S/C17H20ClN/c1-3-13-7-9-15(10-8-13)17(2,19)12-14-5-4-6-16(18)11-14/h4-11H,3,12,19H2,1-2H3. The molecule has 0 saturated heterocycles. The summed E-state index contributed by atoms with van der Waals surface area (Å²) in [4.78, 5) is 0. The highest BCUT2D eigenvalue weighted by atomic mass is 35.5. The van der Waals surface area contributed by atoms with Gasteiger partial charge in [-0.2, -0.15) is 0 Å². The molecule has 0 fully saturated rings. The van der Waals surface area contributed by atoms with Crippen LogP contribution in [0.15, 0.2) is 48.5 Å². The summed E-state index contributed by atoms with van der Waals surface area (Å²) in [5.74, 6) is 0. The molecule has 2 rings (SSSR count). The first-order valence-corrected chi connectivity index (χ1v) is 7.02. The van der Waals surface area contributed by atoms with Crippen LogP contribution >= 0.6 is 11.6 Å². The van der Waals surface area contributed by atoms with Crippen LogP contribution in [0, 0.1) is 0 Å². The Morgan fingerprint density at radius 3 is 2.32 bits per heavy atom. The van der Waals surface area contributed by atoms with Crippen LogP contribution in [0.25, 0.3) is 0 Å². The summed E-state index contributed by atoms with van der Waals surface area (Å²) in [6.07, 6.45) is 1.83. The van der Waals surface area contributed by atoms with Crippen molar-refractivity contribution in [2.24, 2.45) is 5.73 Å². The third kappa shape index (κ3) is 3.59. The summed E-state index contributed by atoms with van der Waals surface area (Å²) >= 11 is 6.02. The molecule has 100 valence electrons. The Hall–Kier alpha value is -1.31. The van der Waals surface area contributed by atoms with E-state index in [1.165, 1.54) is 5.56 Å². The molecule has 0 aliphatic carbocycles. The minimum absolute atomic E-state index is 0.378. The van der Waals surface area contributed by atoms with Crippen molar-refractivity contribution in [3.05, 3.63) is 70.2 Å². The lowest BCUT2D eigenvalue weighted by Gasteiger charge is -2.26. The normalized spacial score (nSPS) is 14.1. The molecule has 2 N–H and O–H groups in total. The average Bonchev–Trinajstić information content (AvgIpc) is 2.38. The number of rotatable bonds is 4. The van der Waals surface area contributed by atoms with Gasteiger partial charge in [0, 0.05) is 10.6 Å². The smallest absolute Gasteiger partial charge is 0.0421 e. The summed E-state index contributed by atoms with van der Waals surface area (Å²) in [7, 11) is 0. The molecule has 1 unspecified atom stereocenters. The Morgan fingerprint density at radius 1 is 1.05 bits per heavy atom. The number of aryl methyl sites for hydroxylation is 1. The zero-order valence-corrected chi connectivity index (χ0v) is 12.2. The zero-order chi connectivity index (χ0) is 13.9. The molecule has 1 nitrogen and oxygen atoms in total. The quantitative estimate of drug-likeness (QED) is 0.882. The van der Waals surface area contributed by atoms with Crippen molar-refractivity contribution < 1.29 is 0 Å². The molecule has 2 heteroatoms. The molecule has 1 atom stereocenters. The third-order valence-corrected chi connectivity index (χ3v) is 3.72. The van der Waals surface area contributed by atoms with Crippen molar-refractivity contribution in [3.8, 4) is 0 Å². The van der Waals surface area contributed by atoms with E-state index >= 15 is 0 Å². The van der Waals surface area contributed by atoms with Gasteiger partial charge in [0.15, 0.2) is 0 Å². The molecule has 0 radical (unpaired) electrons. The van der Waals surface area contributed by atoms with Gasteiger partial charge in [0.2, 0.25) is 0 Å². The SMILES string of the molecule is CCc1ccc(C(C)(N)Cc2cccc(Cl)c2)cc1. The maximum Gasteiger partial charge on any atom is 0.0421 e. The van der Waals surface area contributed by atoms with Crippen LogP contribution in [0.1, 0.15) is 30.5 Å². The predicted octanol–water partition coefficient (Wildman–Crippen LogP) is 4.32. The van der Waals surface area contributed by atoms with E-state index < -0.39 is 0 Å². The highest BCUT2D eigenvalue weighted by molar-refractivity contribution is 6.30. The van der Waals surface area contributed by atoms with E-state index in [9.17, 15) is 0 Å². The number of nitrogens with two attached hydrogens (primary N) is 1. The fourth-order valence-electron chi connectivity index (χ4n) is 2.29. The monoisotopic (exact) mass is 273 g/mol. The first-order chi connectivity index (χ1) is 9.01. The van der Waals surface area contributed by atoms with E-state index in [4.69, 9.17) is 17.3 Å². The Kier molecular flexibility index (Phi) is 4.28. The third-order valence-electron chi connectivity index (χ3n) is 3.48. The van der Waals surface area contributed by atoms with Crippen LogP contribution in [0.3, 0.4) is 0 Å². The van der Waals surface area contributed by atoms with Crippen molar-refractivity contribution in [1.82, 2.24) is 0 Å². The van der Waals surface area contributed by atoms with E-state index in [-0.39, 0.29) is 5.54 Å². The highest BCUT2D eigenvalue weighted by Gasteiger charge is 2.21. The summed E-state index contributed by atoms with van der Waals surface area (Å²) in [5, 5.41) is 0.759. The maximum atomic E-state index is 6.47. The molecule has 0 aromatic heterocycles. The molecular weight excluding hydrogens is 254 g/mol. The Bertz CT molecular complexity index is 543. The van der Waals surface area contributed by atoms with Gasteiger partial charge in [-0.1, -0.05) is 54.9 Å². The van der Waals surface area contributed by atoms with Gasteiger partial charge in [-0.3, -0.25) is 0 Å². The molecule has 2 aromatic rings. The van der Waals surface area contributed by atoms with Gasteiger partial charge < -0.3 is 5.73 Å². The number of hydrogen-bond donors (Lipinski definition) is 1. The fourth-order valence-corrected chi connectivity index (χ4v) is 2.51. The van der Waals surface area contributed by atoms with E-state index in [1.54, 1.807) is 0 Å². The van der Waals surface area contributed by atoms with Crippen LogP contribution in [0.2, 0.25) is 5.02 Å². The van der Waals surface area contributed by atoms with Crippen molar-refractivity contribution in [3.63, 3.8) is 0 Å². The minimum Gasteiger partial charge on any atom is -0.321 e. The van der Waals surface area contributed by atoms with Gasteiger partial charge in [0.1, 0.15) is 0 Å². The summed E-state index contributed by atoms with van der Waals surface area (Å²) in [6.45, 7) is 4.22.